The van der Waals surface area contributed by atoms with Crippen LogP contribution >= 0.6 is 0 Å². The molecule has 1 N–H and O–H groups in total. The van der Waals surface area contributed by atoms with Crippen molar-refractivity contribution in [3.8, 4) is 5.88 Å². The Bertz CT molecular complexity index is 673. The highest BCUT2D eigenvalue weighted by molar-refractivity contribution is 5.79. The van der Waals surface area contributed by atoms with Crippen LogP contribution in [0.15, 0.2) is 47.6 Å². The van der Waals surface area contributed by atoms with Gasteiger partial charge in [-0.05, 0) is 36.2 Å². The number of ether oxygens (including phenoxy) is 1. The van der Waals surface area contributed by atoms with Crippen molar-refractivity contribution in [1.29, 1.82) is 0 Å². The van der Waals surface area contributed by atoms with Gasteiger partial charge < -0.3 is 15.0 Å². The van der Waals surface area contributed by atoms with Gasteiger partial charge in [-0.15, -0.1) is 0 Å². The van der Waals surface area contributed by atoms with Crippen molar-refractivity contribution in [3.63, 3.8) is 0 Å². The Morgan fingerprint density at radius 2 is 2.00 bits per heavy atom. The van der Waals surface area contributed by atoms with E-state index >= 15 is 0 Å². The van der Waals surface area contributed by atoms with Crippen molar-refractivity contribution in [2.24, 2.45) is 4.99 Å². The minimum absolute atomic E-state index is 0.230. The van der Waals surface area contributed by atoms with E-state index in [-0.39, 0.29) is 5.82 Å². The fraction of sp³-hybridized carbons (Fsp3) is 0.333. The molecule has 0 bridgehead atoms. The van der Waals surface area contributed by atoms with E-state index in [1.165, 1.54) is 12.1 Å². The Balaban J connectivity index is 1.94. The number of guanidine groups is 1. The number of halogens is 1. The Labute approximate surface area is 142 Å². The number of aromatic nitrogens is 1. The lowest BCUT2D eigenvalue weighted by Gasteiger charge is -2.22. The first kappa shape index (κ1) is 17.7. The quantitative estimate of drug-likeness (QED) is 0.654. The van der Waals surface area contributed by atoms with Crippen molar-refractivity contribution in [1.82, 2.24) is 15.2 Å². The summed E-state index contributed by atoms with van der Waals surface area (Å²) in [5, 5.41) is 3.30. The Kier molecular flexibility index (Phi) is 6.54. The number of pyridine rings is 1. The molecule has 2 rings (SSSR count). The summed E-state index contributed by atoms with van der Waals surface area (Å²) < 4.78 is 18.4. The fourth-order valence-electron chi connectivity index (χ4n) is 2.29. The molecule has 0 unspecified atom stereocenters. The normalized spacial score (nSPS) is 11.2. The van der Waals surface area contributed by atoms with Gasteiger partial charge in [0.05, 0.1) is 6.61 Å². The molecule has 1 heterocycles. The van der Waals surface area contributed by atoms with Gasteiger partial charge in [-0.3, -0.25) is 4.99 Å². The summed E-state index contributed by atoms with van der Waals surface area (Å²) in [6.07, 6.45) is 1.73. The van der Waals surface area contributed by atoms with Crippen LogP contribution in [0, 0.1) is 5.82 Å². The van der Waals surface area contributed by atoms with E-state index in [9.17, 15) is 4.39 Å². The molecule has 0 saturated heterocycles. The molecule has 24 heavy (non-hydrogen) atoms. The van der Waals surface area contributed by atoms with Crippen LogP contribution in [0.2, 0.25) is 0 Å². The fourth-order valence-corrected chi connectivity index (χ4v) is 2.29. The highest BCUT2D eigenvalue weighted by Gasteiger charge is 2.07. The average Bonchev–Trinajstić information content (AvgIpc) is 2.58. The molecule has 0 aliphatic carbocycles. The summed E-state index contributed by atoms with van der Waals surface area (Å²) in [6.45, 7) is 3.77. The largest absolute Gasteiger partial charge is 0.478 e. The molecular formula is C18H23FN4O. The lowest BCUT2D eigenvalue weighted by atomic mass is 10.2. The van der Waals surface area contributed by atoms with Crippen molar-refractivity contribution in [3.05, 3.63) is 59.5 Å². The van der Waals surface area contributed by atoms with Gasteiger partial charge in [-0.1, -0.05) is 12.1 Å². The van der Waals surface area contributed by atoms with E-state index in [2.05, 4.69) is 15.3 Å². The molecule has 1 aromatic heterocycles. The van der Waals surface area contributed by atoms with Crippen LogP contribution < -0.4 is 10.1 Å². The molecule has 1 aromatic carbocycles. The third-order valence-electron chi connectivity index (χ3n) is 3.45. The van der Waals surface area contributed by atoms with Gasteiger partial charge in [0.15, 0.2) is 5.96 Å². The minimum atomic E-state index is -0.230. The molecule has 0 atom stereocenters. The Morgan fingerprint density at radius 3 is 2.67 bits per heavy atom. The lowest BCUT2D eigenvalue weighted by Crippen LogP contribution is -2.38. The maximum atomic E-state index is 13.0. The molecule has 0 radical (unpaired) electrons. The second-order valence-electron chi connectivity index (χ2n) is 5.32. The second kappa shape index (κ2) is 8.86. The topological polar surface area (TPSA) is 49.8 Å². The van der Waals surface area contributed by atoms with Gasteiger partial charge in [0.1, 0.15) is 5.82 Å². The molecule has 6 heteroatoms. The van der Waals surface area contributed by atoms with Crippen molar-refractivity contribution in [2.75, 3.05) is 20.7 Å². The van der Waals surface area contributed by atoms with E-state index in [0.717, 1.165) is 17.1 Å². The number of nitrogens with one attached hydrogen (secondary N) is 1. The number of nitrogens with zero attached hydrogens (tertiary/aromatic N) is 3. The Morgan fingerprint density at radius 1 is 1.25 bits per heavy atom. The van der Waals surface area contributed by atoms with Gasteiger partial charge >= 0.3 is 0 Å². The van der Waals surface area contributed by atoms with E-state index in [1.807, 2.05) is 31.0 Å². The number of hydrogen-bond acceptors (Lipinski definition) is 3. The number of rotatable bonds is 6. The monoisotopic (exact) mass is 330 g/mol. The maximum Gasteiger partial charge on any atom is 0.213 e. The standard InChI is InChI=1S/C18H23FN4O/c1-4-24-17-11-15(9-10-21-17)12-22-18(20-2)23(3)13-14-5-7-16(19)8-6-14/h5-11H,4,12-13H2,1-3H3,(H,20,22). The van der Waals surface area contributed by atoms with Gasteiger partial charge in [0.25, 0.3) is 0 Å². The number of aliphatic imine (C=N–C) groups is 1. The van der Waals surface area contributed by atoms with Crippen LogP contribution in [0.3, 0.4) is 0 Å². The molecule has 0 aliphatic rings. The van der Waals surface area contributed by atoms with Gasteiger partial charge in [-0.25, -0.2) is 9.37 Å². The van der Waals surface area contributed by atoms with Crippen molar-refractivity contribution >= 4 is 5.96 Å². The third kappa shape index (κ3) is 5.22. The van der Waals surface area contributed by atoms with E-state index in [1.54, 1.807) is 25.4 Å². The predicted molar refractivity (Wildman–Crippen MR) is 93.5 cm³/mol. The van der Waals surface area contributed by atoms with Crippen LogP contribution in [-0.2, 0) is 13.1 Å². The summed E-state index contributed by atoms with van der Waals surface area (Å²) in [5.74, 6) is 1.15. The predicted octanol–water partition coefficient (Wildman–Crippen LogP) is 2.83. The van der Waals surface area contributed by atoms with Crippen LogP contribution in [0.5, 0.6) is 5.88 Å². The van der Waals surface area contributed by atoms with Gasteiger partial charge in [0, 0.05) is 39.4 Å². The zero-order valence-electron chi connectivity index (χ0n) is 14.3. The molecule has 0 fully saturated rings. The Hall–Kier alpha value is -2.63. The first-order chi connectivity index (χ1) is 11.6. The molecule has 5 nitrogen and oxygen atoms in total. The van der Waals surface area contributed by atoms with E-state index < -0.39 is 0 Å². The molecule has 0 aliphatic heterocycles. The molecule has 0 saturated carbocycles. The number of hydrogen-bond donors (Lipinski definition) is 1. The third-order valence-corrected chi connectivity index (χ3v) is 3.45. The number of benzene rings is 1. The SMILES string of the molecule is CCOc1cc(CNC(=NC)N(C)Cc2ccc(F)cc2)ccn1. The lowest BCUT2D eigenvalue weighted by molar-refractivity contribution is 0.326. The summed E-state index contributed by atoms with van der Waals surface area (Å²) in [7, 11) is 3.68. The maximum absolute atomic E-state index is 13.0. The zero-order chi connectivity index (χ0) is 17.4. The molecule has 2 aromatic rings. The highest BCUT2D eigenvalue weighted by Crippen LogP contribution is 2.10. The highest BCUT2D eigenvalue weighted by atomic mass is 19.1. The average molecular weight is 330 g/mol. The van der Waals surface area contributed by atoms with Crippen LogP contribution in [0.25, 0.3) is 0 Å². The van der Waals surface area contributed by atoms with Crippen molar-refractivity contribution in [2.45, 2.75) is 20.0 Å². The minimum Gasteiger partial charge on any atom is -0.478 e. The van der Waals surface area contributed by atoms with Crippen LogP contribution in [0.4, 0.5) is 4.39 Å². The van der Waals surface area contributed by atoms with Crippen LogP contribution in [0.1, 0.15) is 18.1 Å². The first-order valence-corrected chi connectivity index (χ1v) is 7.86. The van der Waals surface area contributed by atoms with Crippen LogP contribution in [-0.4, -0.2) is 36.5 Å². The second-order valence-corrected chi connectivity index (χ2v) is 5.32. The summed E-state index contributed by atoms with van der Waals surface area (Å²) >= 11 is 0. The van der Waals surface area contributed by atoms with E-state index in [0.29, 0.717) is 25.6 Å². The molecule has 0 amide bonds. The van der Waals surface area contributed by atoms with Gasteiger partial charge in [0.2, 0.25) is 5.88 Å². The summed E-state index contributed by atoms with van der Waals surface area (Å²) in [6, 6.07) is 10.3. The van der Waals surface area contributed by atoms with Crippen molar-refractivity contribution < 1.29 is 9.13 Å². The molecule has 128 valence electrons. The smallest absolute Gasteiger partial charge is 0.213 e. The first-order valence-electron chi connectivity index (χ1n) is 7.86. The molecular weight excluding hydrogens is 307 g/mol. The van der Waals surface area contributed by atoms with E-state index in [4.69, 9.17) is 4.74 Å². The molecule has 0 spiro atoms. The zero-order valence-corrected chi connectivity index (χ0v) is 14.3. The van der Waals surface area contributed by atoms with Gasteiger partial charge in [-0.2, -0.15) is 0 Å². The summed E-state index contributed by atoms with van der Waals surface area (Å²) in [5.41, 5.74) is 2.08. The summed E-state index contributed by atoms with van der Waals surface area (Å²) in [4.78, 5) is 10.4.